The smallest absolute Gasteiger partial charge is 0.273 e. The number of hydrogen-bond donors (Lipinski definition) is 0. The van der Waals surface area contributed by atoms with Gasteiger partial charge in [0, 0.05) is 6.07 Å². The highest BCUT2D eigenvalue weighted by atomic mass is 35.5. The molecule has 1 aromatic carbocycles. The van der Waals surface area contributed by atoms with Crippen LogP contribution in [0.4, 0.5) is 5.69 Å². The highest BCUT2D eigenvalue weighted by molar-refractivity contribution is 6.32. The van der Waals surface area contributed by atoms with Crippen LogP contribution in [-0.4, -0.2) is 15.1 Å². The van der Waals surface area contributed by atoms with E-state index in [0.717, 1.165) is 0 Å². The number of ether oxygens (including phenoxy) is 1. The zero-order valence-electron chi connectivity index (χ0n) is 11.1. The van der Waals surface area contributed by atoms with Crippen molar-refractivity contribution in [2.75, 3.05) is 0 Å². The zero-order chi connectivity index (χ0) is 15.6. The second-order valence-corrected chi connectivity index (χ2v) is 4.58. The number of aryl methyl sites for hydroxylation is 1. The summed E-state index contributed by atoms with van der Waals surface area (Å²) < 4.78 is 5.43. The molecule has 0 spiro atoms. The van der Waals surface area contributed by atoms with Crippen LogP contribution in [0, 0.1) is 35.3 Å². The molecule has 0 amide bonds. The maximum Gasteiger partial charge on any atom is 0.273 e. The lowest BCUT2D eigenvalue weighted by Crippen LogP contribution is -2.01. The number of halogens is 1. The summed E-state index contributed by atoms with van der Waals surface area (Å²) in [5.74, 6) is 0.00270. The molecule has 0 aliphatic heterocycles. The Kier molecular flexibility index (Phi) is 4.00. The Bertz CT molecular complexity index is 771. The summed E-state index contributed by atoms with van der Waals surface area (Å²) in [6.45, 7) is 3.43. The van der Waals surface area contributed by atoms with Crippen LogP contribution in [0.15, 0.2) is 18.2 Å². The van der Waals surface area contributed by atoms with Crippen molar-refractivity contribution in [1.82, 2.24) is 10.2 Å². The number of aromatic nitrogens is 2. The molecule has 0 aliphatic rings. The van der Waals surface area contributed by atoms with Crippen molar-refractivity contribution in [3.63, 3.8) is 0 Å². The number of rotatable bonds is 3. The van der Waals surface area contributed by atoms with Gasteiger partial charge in [-0.1, -0.05) is 11.6 Å². The molecular weight excluding hydrogens is 296 g/mol. The average molecular weight is 305 g/mol. The Labute approximate surface area is 124 Å². The highest BCUT2D eigenvalue weighted by Crippen LogP contribution is 2.33. The van der Waals surface area contributed by atoms with Crippen LogP contribution >= 0.6 is 11.6 Å². The lowest BCUT2D eigenvalue weighted by molar-refractivity contribution is -0.384. The first kappa shape index (κ1) is 14.7. The quantitative estimate of drug-likeness (QED) is 0.636. The van der Waals surface area contributed by atoms with Gasteiger partial charge in [-0.15, -0.1) is 5.10 Å². The van der Waals surface area contributed by atoms with E-state index < -0.39 is 4.92 Å². The monoisotopic (exact) mass is 304 g/mol. The summed E-state index contributed by atoms with van der Waals surface area (Å²) in [7, 11) is 0. The fourth-order valence-corrected chi connectivity index (χ4v) is 1.73. The van der Waals surface area contributed by atoms with Crippen molar-refractivity contribution in [3.05, 3.63) is 50.2 Å². The van der Waals surface area contributed by atoms with Crippen molar-refractivity contribution in [3.8, 4) is 17.7 Å². The van der Waals surface area contributed by atoms with Crippen LogP contribution in [0.2, 0.25) is 5.02 Å². The molecule has 21 heavy (non-hydrogen) atoms. The fourth-order valence-electron chi connectivity index (χ4n) is 1.58. The van der Waals surface area contributed by atoms with Gasteiger partial charge < -0.3 is 4.74 Å². The Morgan fingerprint density at radius 2 is 2.10 bits per heavy atom. The minimum Gasteiger partial charge on any atom is -0.435 e. The number of nitro groups is 1. The third kappa shape index (κ3) is 2.90. The molecule has 0 unspecified atom stereocenters. The molecule has 1 aromatic heterocycles. The Morgan fingerprint density at radius 1 is 1.38 bits per heavy atom. The van der Waals surface area contributed by atoms with Gasteiger partial charge in [0.1, 0.15) is 11.6 Å². The standard InChI is InChI=1S/C13H9ClN4O3/c1-7-8(2)16-17-13(10(7)6-15)21-12-5-9(18(19)20)3-4-11(12)14/h3-5H,1-2H3. The van der Waals surface area contributed by atoms with E-state index in [1.807, 2.05) is 6.07 Å². The van der Waals surface area contributed by atoms with Gasteiger partial charge in [-0.05, 0) is 25.5 Å². The lowest BCUT2D eigenvalue weighted by atomic mass is 10.1. The van der Waals surface area contributed by atoms with Crippen molar-refractivity contribution < 1.29 is 9.66 Å². The maximum atomic E-state index is 10.8. The van der Waals surface area contributed by atoms with E-state index in [-0.39, 0.29) is 27.9 Å². The Morgan fingerprint density at radius 3 is 2.71 bits per heavy atom. The number of non-ortho nitro benzene ring substituents is 1. The molecule has 0 radical (unpaired) electrons. The van der Waals surface area contributed by atoms with Crippen LogP contribution in [0.1, 0.15) is 16.8 Å². The molecule has 2 rings (SSSR count). The van der Waals surface area contributed by atoms with Crippen molar-refractivity contribution in [2.24, 2.45) is 0 Å². The Hall–Kier alpha value is -2.72. The van der Waals surface area contributed by atoms with Crippen LogP contribution in [0.25, 0.3) is 0 Å². The third-order valence-corrected chi connectivity index (χ3v) is 3.18. The summed E-state index contributed by atoms with van der Waals surface area (Å²) in [5.41, 5.74) is 1.27. The van der Waals surface area contributed by atoms with Gasteiger partial charge in [0.2, 0.25) is 0 Å². The number of hydrogen-bond acceptors (Lipinski definition) is 6. The number of nitriles is 1. The number of nitro benzene ring substituents is 1. The lowest BCUT2D eigenvalue weighted by Gasteiger charge is -2.09. The first-order valence-corrected chi connectivity index (χ1v) is 6.17. The highest BCUT2D eigenvalue weighted by Gasteiger charge is 2.16. The normalized spacial score (nSPS) is 10.0. The van der Waals surface area contributed by atoms with Gasteiger partial charge in [0.25, 0.3) is 11.6 Å². The minimum atomic E-state index is -0.569. The van der Waals surface area contributed by atoms with Gasteiger partial charge in [0.15, 0.2) is 5.75 Å². The maximum absolute atomic E-state index is 10.8. The van der Waals surface area contributed by atoms with Gasteiger partial charge in [-0.25, -0.2) is 0 Å². The van der Waals surface area contributed by atoms with Crippen LogP contribution < -0.4 is 4.74 Å². The van der Waals surface area contributed by atoms with E-state index in [9.17, 15) is 15.4 Å². The summed E-state index contributed by atoms with van der Waals surface area (Å²) in [6.07, 6.45) is 0. The minimum absolute atomic E-state index is 0.0389. The molecule has 1 heterocycles. The molecule has 0 saturated carbocycles. The summed E-state index contributed by atoms with van der Waals surface area (Å²) in [6, 6.07) is 5.74. The summed E-state index contributed by atoms with van der Waals surface area (Å²) >= 11 is 5.94. The molecule has 8 heteroatoms. The van der Waals surface area contributed by atoms with E-state index in [1.54, 1.807) is 13.8 Å². The largest absolute Gasteiger partial charge is 0.435 e. The molecule has 0 fully saturated rings. The molecule has 0 atom stereocenters. The average Bonchev–Trinajstić information content (AvgIpc) is 2.45. The predicted octanol–water partition coefficient (Wildman–Crippen LogP) is 3.32. The van der Waals surface area contributed by atoms with Crippen LogP contribution in [-0.2, 0) is 0 Å². The number of nitrogens with zero attached hydrogens (tertiary/aromatic N) is 4. The summed E-state index contributed by atoms with van der Waals surface area (Å²) in [5, 5.41) is 27.8. The van der Waals surface area contributed by atoms with E-state index in [0.29, 0.717) is 11.3 Å². The molecule has 7 nitrogen and oxygen atoms in total. The van der Waals surface area contributed by atoms with Crippen molar-refractivity contribution in [2.45, 2.75) is 13.8 Å². The third-order valence-electron chi connectivity index (χ3n) is 2.87. The second kappa shape index (κ2) is 5.73. The molecule has 106 valence electrons. The summed E-state index contributed by atoms with van der Waals surface area (Å²) in [4.78, 5) is 10.2. The van der Waals surface area contributed by atoms with E-state index in [1.165, 1.54) is 18.2 Å². The predicted molar refractivity (Wildman–Crippen MR) is 74.4 cm³/mol. The van der Waals surface area contributed by atoms with Gasteiger partial charge >= 0.3 is 0 Å². The molecule has 0 N–H and O–H groups in total. The SMILES string of the molecule is Cc1nnc(Oc2cc([N+](=O)[O-])ccc2Cl)c(C#N)c1C. The first-order chi connectivity index (χ1) is 9.93. The topological polar surface area (TPSA) is 102 Å². The Balaban J connectivity index is 2.48. The molecule has 0 bridgehead atoms. The molecule has 0 aliphatic carbocycles. The van der Waals surface area contributed by atoms with Gasteiger partial charge in [0.05, 0.1) is 21.7 Å². The van der Waals surface area contributed by atoms with Crippen LogP contribution in [0.5, 0.6) is 11.6 Å². The van der Waals surface area contributed by atoms with Gasteiger partial charge in [-0.3, -0.25) is 10.1 Å². The fraction of sp³-hybridized carbons (Fsp3) is 0.154. The van der Waals surface area contributed by atoms with Crippen molar-refractivity contribution >= 4 is 17.3 Å². The van der Waals surface area contributed by atoms with E-state index in [4.69, 9.17) is 16.3 Å². The van der Waals surface area contributed by atoms with Crippen LogP contribution in [0.3, 0.4) is 0 Å². The number of benzene rings is 1. The molecular formula is C13H9ClN4O3. The molecule has 0 saturated heterocycles. The van der Waals surface area contributed by atoms with Gasteiger partial charge in [-0.2, -0.15) is 10.4 Å². The van der Waals surface area contributed by atoms with E-state index in [2.05, 4.69) is 10.2 Å². The first-order valence-electron chi connectivity index (χ1n) is 5.79. The van der Waals surface area contributed by atoms with E-state index >= 15 is 0 Å². The molecule has 2 aromatic rings. The second-order valence-electron chi connectivity index (χ2n) is 4.18. The zero-order valence-corrected chi connectivity index (χ0v) is 11.9. The van der Waals surface area contributed by atoms with Crippen molar-refractivity contribution in [1.29, 1.82) is 5.26 Å².